The molecular formula is C15H13FN2O3. The minimum atomic E-state index is -0.478. The summed E-state index contributed by atoms with van der Waals surface area (Å²) < 4.78 is 17.8. The van der Waals surface area contributed by atoms with Crippen molar-refractivity contribution >= 4 is 12.1 Å². The third-order valence-electron chi connectivity index (χ3n) is 2.71. The van der Waals surface area contributed by atoms with Crippen molar-refractivity contribution in [2.75, 3.05) is 7.11 Å². The van der Waals surface area contributed by atoms with Gasteiger partial charge in [0.05, 0.1) is 13.3 Å². The Morgan fingerprint density at radius 1 is 1.29 bits per heavy atom. The maximum Gasteiger partial charge on any atom is 0.271 e. The Morgan fingerprint density at radius 3 is 2.67 bits per heavy atom. The van der Waals surface area contributed by atoms with Crippen LogP contribution in [-0.2, 0) is 0 Å². The van der Waals surface area contributed by atoms with Crippen molar-refractivity contribution in [3.05, 3.63) is 59.4 Å². The summed E-state index contributed by atoms with van der Waals surface area (Å²) in [5, 5.41) is 13.4. The molecule has 0 atom stereocenters. The van der Waals surface area contributed by atoms with E-state index in [1.807, 2.05) is 0 Å². The molecule has 0 aliphatic carbocycles. The molecule has 6 heteroatoms. The van der Waals surface area contributed by atoms with Crippen LogP contribution in [0.25, 0.3) is 0 Å². The van der Waals surface area contributed by atoms with E-state index in [9.17, 15) is 14.3 Å². The van der Waals surface area contributed by atoms with Crippen molar-refractivity contribution in [1.82, 2.24) is 5.43 Å². The van der Waals surface area contributed by atoms with E-state index < -0.39 is 11.7 Å². The third kappa shape index (κ3) is 3.79. The SMILES string of the molecule is COc1ccc(O)c(C=NNC(=O)c2ccc(F)cc2)c1. The maximum absolute atomic E-state index is 12.7. The second kappa shape index (κ2) is 6.51. The average Bonchev–Trinajstić information content (AvgIpc) is 2.49. The molecular weight excluding hydrogens is 275 g/mol. The summed E-state index contributed by atoms with van der Waals surface area (Å²) in [7, 11) is 1.50. The molecule has 0 fully saturated rings. The van der Waals surface area contributed by atoms with Crippen molar-refractivity contribution in [2.24, 2.45) is 5.10 Å². The molecule has 0 aliphatic rings. The van der Waals surface area contributed by atoms with Crippen LogP contribution in [0.5, 0.6) is 11.5 Å². The molecule has 0 saturated heterocycles. The number of rotatable bonds is 4. The predicted octanol–water partition coefficient (Wildman–Crippen LogP) is 2.30. The molecule has 2 aromatic rings. The first-order valence-electron chi connectivity index (χ1n) is 6.06. The first-order chi connectivity index (χ1) is 10.1. The molecule has 0 heterocycles. The normalized spacial score (nSPS) is 10.6. The largest absolute Gasteiger partial charge is 0.507 e. The second-order valence-electron chi connectivity index (χ2n) is 4.13. The van der Waals surface area contributed by atoms with E-state index in [1.54, 1.807) is 12.1 Å². The molecule has 0 spiro atoms. The Bertz CT molecular complexity index is 669. The average molecular weight is 288 g/mol. The van der Waals surface area contributed by atoms with Crippen LogP contribution in [0.15, 0.2) is 47.6 Å². The van der Waals surface area contributed by atoms with Gasteiger partial charge in [-0.2, -0.15) is 5.10 Å². The molecule has 2 N–H and O–H groups in total. The van der Waals surface area contributed by atoms with Gasteiger partial charge in [0.1, 0.15) is 17.3 Å². The Morgan fingerprint density at radius 2 is 2.00 bits per heavy atom. The standard InChI is InChI=1S/C15H13FN2O3/c1-21-13-6-7-14(19)11(8-13)9-17-18-15(20)10-2-4-12(16)5-3-10/h2-9,19H,1H3,(H,18,20). The molecule has 2 rings (SSSR count). The van der Waals surface area contributed by atoms with Gasteiger partial charge in [0.25, 0.3) is 5.91 Å². The summed E-state index contributed by atoms with van der Waals surface area (Å²) in [5.74, 6) is -0.334. The number of ether oxygens (including phenoxy) is 1. The Kier molecular flexibility index (Phi) is 4.50. The van der Waals surface area contributed by atoms with Crippen LogP contribution in [0, 0.1) is 5.82 Å². The topological polar surface area (TPSA) is 70.9 Å². The smallest absolute Gasteiger partial charge is 0.271 e. The Balaban J connectivity index is 2.05. The lowest BCUT2D eigenvalue weighted by molar-refractivity contribution is 0.0955. The van der Waals surface area contributed by atoms with Crippen LogP contribution in [-0.4, -0.2) is 24.3 Å². The zero-order chi connectivity index (χ0) is 15.2. The fourth-order valence-electron chi connectivity index (χ4n) is 1.59. The van der Waals surface area contributed by atoms with Gasteiger partial charge >= 0.3 is 0 Å². The van der Waals surface area contributed by atoms with Gasteiger partial charge in [-0.3, -0.25) is 4.79 Å². The molecule has 0 bridgehead atoms. The number of methoxy groups -OCH3 is 1. The first-order valence-corrected chi connectivity index (χ1v) is 6.06. The van der Waals surface area contributed by atoms with Crippen LogP contribution in [0.2, 0.25) is 0 Å². The quantitative estimate of drug-likeness (QED) is 0.670. The van der Waals surface area contributed by atoms with Crippen molar-refractivity contribution in [3.63, 3.8) is 0 Å². The molecule has 0 saturated carbocycles. The lowest BCUT2D eigenvalue weighted by atomic mass is 10.2. The number of benzene rings is 2. The number of carbonyl (C=O) groups excluding carboxylic acids is 1. The highest BCUT2D eigenvalue weighted by molar-refractivity contribution is 5.95. The minimum Gasteiger partial charge on any atom is -0.507 e. The number of phenols is 1. The van der Waals surface area contributed by atoms with Crippen LogP contribution in [0.4, 0.5) is 4.39 Å². The molecule has 1 amide bonds. The molecule has 5 nitrogen and oxygen atoms in total. The van der Waals surface area contributed by atoms with Crippen LogP contribution in [0.1, 0.15) is 15.9 Å². The molecule has 0 aliphatic heterocycles. The molecule has 108 valence electrons. The summed E-state index contributed by atoms with van der Waals surface area (Å²) in [6.45, 7) is 0. The Hall–Kier alpha value is -2.89. The zero-order valence-corrected chi connectivity index (χ0v) is 11.2. The van der Waals surface area contributed by atoms with Crippen molar-refractivity contribution in [2.45, 2.75) is 0 Å². The number of hydrogen-bond donors (Lipinski definition) is 2. The van der Waals surface area contributed by atoms with Gasteiger partial charge in [-0.05, 0) is 42.5 Å². The number of halogens is 1. The summed E-state index contributed by atoms with van der Waals surface area (Å²) in [6, 6.07) is 9.71. The number of nitrogens with zero attached hydrogens (tertiary/aromatic N) is 1. The lowest BCUT2D eigenvalue weighted by Gasteiger charge is -2.03. The van der Waals surface area contributed by atoms with E-state index in [1.165, 1.54) is 43.7 Å². The van der Waals surface area contributed by atoms with Gasteiger partial charge in [-0.15, -0.1) is 0 Å². The summed E-state index contributed by atoms with van der Waals surface area (Å²) >= 11 is 0. The van der Waals surface area contributed by atoms with E-state index >= 15 is 0 Å². The molecule has 2 aromatic carbocycles. The van der Waals surface area contributed by atoms with Crippen LogP contribution >= 0.6 is 0 Å². The monoisotopic (exact) mass is 288 g/mol. The molecule has 21 heavy (non-hydrogen) atoms. The van der Waals surface area contributed by atoms with E-state index in [2.05, 4.69) is 10.5 Å². The lowest BCUT2D eigenvalue weighted by Crippen LogP contribution is -2.17. The van der Waals surface area contributed by atoms with Crippen molar-refractivity contribution in [3.8, 4) is 11.5 Å². The molecule has 0 radical (unpaired) electrons. The predicted molar refractivity (Wildman–Crippen MR) is 76.1 cm³/mol. The van der Waals surface area contributed by atoms with Gasteiger partial charge in [-0.25, -0.2) is 9.82 Å². The van der Waals surface area contributed by atoms with Crippen LogP contribution in [0.3, 0.4) is 0 Å². The number of nitrogens with one attached hydrogen (secondary N) is 1. The van der Waals surface area contributed by atoms with Gasteiger partial charge in [0, 0.05) is 11.1 Å². The highest BCUT2D eigenvalue weighted by atomic mass is 19.1. The number of aromatic hydroxyl groups is 1. The number of phenolic OH excluding ortho intramolecular Hbond substituents is 1. The van der Waals surface area contributed by atoms with E-state index in [4.69, 9.17) is 4.74 Å². The molecule has 0 aromatic heterocycles. The minimum absolute atomic E-state index is 0.00980. The Labute approximate surface area is 120 Å². The van der Waals surface area contributed by atoms with E-state index in [-0.39, 0.29) is 11.3 Å². The zero-order valence-electron chi connectivity index (χ0n) is 11.2. The number of hydrogen-bond acceptors (Lipinski definition) is 4. The van der Waals surface area contributed by atoms with E-state index in [0.29, 0.717) is 11.3 Å². The van der Waals surface area contributed by atoms with Gasteiger partial charge in [0.15, 0.2) is 0 Å². The fourth-order valence-corrected chi connectivity index (χ4v) is 1.59. The van der Waals surface area contributed by atoms with Gasteiger partial charge in [-0.1, -0.05) is 0 Å². The fraction of sp³-hybridized carbons (Fsp3) is 0.0667. The summed E-state index contributed by atoms with van der Waals surface area (Å²) in [6.07, 6.45) is 1.29. The van der Waals surface area contributed by atoms with Crippen molar-refractivity contribution in [1.29, 1.82) is 0 Å². The van der Waals surface area contributed by atoms with Crippen molar-refractivity contribution < 1.29 is 19.0 Å². The number of amides is 1. The number of carbonyl (C=O) groups is 1. The highest BCUT2D eigenvalue weighted by Crippen LogP contribution is 2.20. The summed E-state index contributed by atoms with van der Waals surface area (Å²) in [5.41, 5.74) is 2.97. The summed E-state index contributed by atoms with van der Waals surface area (Å²) in [4.78, 5) is 11.7. The highest BCUT2D eigenvalue weighted by Gasteiger charge is 2.04. The molecule has 0 unspecified atom stereocenters. The maximum atomic E-state index is 12.7. The van der Waals surface area contributed by atoms with E-state index in [0.717, 1.165) is 0 Å². The first kappa shape index (κ1) is 14.5. The van der Waals surface area contributed by atoms with Gasteiger partial charge < -0.3 is 9.84 Å². The third-order valence-corrected chi connectivity index (χ3v) is 2.71. The number of hydrazone groups is 1. The van der Waals surface area contributed by atoms with Gasteiger partial charge in [0.2, 0.25) is 0 Å². The van der Waals surface area contributed by atoms with Crippen LogP contribution < -0.4 is 10.2 Å². The second-order valence-corrected chi connectivity index (χ2v) is 4.13.